The highest BCUT2D eigenvalue weighted by molar-refractivity contribution is 5.85. The van der Waals surface area contributed by atoms with Gasteiger partial charge in [-0.3, -0.25) is 4.79 Å². The molecular formula is C8H11ClN2O2. The van der Waals surface area contributed by atoms with Gasteiger partial charge in [-0.25, -0.2) is 4.98 Å². The first-order chi connectivity index (χ1) is 5.68. The van der Waals surface area contributed by atoms with E-state index in [1.54, 1.807) is 18.3 Å². The van der Waals surface area contributed by atoms with Gasteiger partial charge in [0.25, 0.3) is 0 Å². The predicted molar refractivity (Wildman–Crippen MR) is 51.9 cm³/mol. The van der Waals surface area contributed by atoms with E-state index in [0.717, 1.165) is 5.56 Å². The predicted octanol–water partition coefficient (Wildman–Crippen LogP) is 1.10. The van der Waals surface area contributed by atoms with Crippen LogP contribution in [0, 0.1) is 0 Å². The molecule has 0 unspecified atom stereocenters. The molecule has 0 aliphatic carbocycles. The maximum Gasteiger partial charge on any atom is 0.303 e. The highest BCUT2D eigenvalue weighted by Gasteiger charge is 1.98. The summed E-state index contributed by atoms with van der Waals surface area (Å²) in [7, 11) is 0. The first-order valence-corrected chi connectivity index (χ1v) is 3.60. The number of halogens is 1. The Bertz CT molecular complexity index is 274. The number of aryl methyl sites for hydroxylation is 1. The number of aliphatic carboxylic acids is 1. The number of carboxylic acids is 1. The van der Waals surface area contributed by atoms with Crippen molar-refractivity contribution in [2.45, 2.75) is 12.8 Å². The molecule has 1 rings (SSSR count). The Hall–Kier alpha value is -1.29. The van der Waals surface area contributed by atoms with Gasteiger partial charge in [0.2, 0.25) is 0 Å². The maximum atomic E-state index is 10.2. The zero-order valence-corrected chi connectivity index (χ0v) is 7.75. The number of hydrogen-bond acceptors (Lipinski definition) is 3. The molecule has 1 aromatic rings. The average molecular weight is 203 g/mol. The molecule has 0 aliphatic heterocycles. The van der Waals surface area contributed by atoms with Crippen LogP contribution in [0.3, 0.4) is 0 Å². The minimum absolute atomic E-state index is 0. The fraction of sp³-hybridized carbons (Fsp3) is 0.250. The van der Waals surface area contributed by atoms with Crippen LogP contribution in [0.4, 0.5) is 5.82 Å². The number of hydrogen-bond donors (Lipinski definition) is 2. The molecule has 13 heavy (non-hydrogen) atoms. The van der Waals surface area contributed by atoms with Gasteiger partial charge in [-0.2, -0.15) is 0 Å². The number of rotatable bonds is 3. The van der Waals surface area contributed by atoms with Crippen LogP contribution in [-0.2, 0) is 11.2 Å². The summed E-state index contributed by atoms with van der Waals surface area (Å²) < 4.78 is 0. The zero-order chi connectivity index (χ0) is 8.97. The second-order valence-corrected chi connectivity index (χ2v) is 2.49. The van der Waals surface area contributed by atoms with Gasteiger partial charge in [-0.1, -0.05) is 6.07 Å². The number of pyridine rings is 1. The van der Waals surface area contributed by atoms with Gasteiger partial charge in [-0.05, 0) is 18.1 Å². The average Bonchev–Trinajstić information content (AvgIpc) is 2.03. The lowest BCUT2D eigenvalue weighted by Crippen LogP contribution is -1.98. The smallest absolute Gasteiger partial charge is 0.303 e. The molecule has 3 N–H and O–H groups in total. The second kappa shape index (κ2) is 5.37. The number of carbonyl (C=O) groups is 1. The van der Waals surface area contributed by atoms with E-state index >= 15 is 0 Å². The van der Waals surface area contributed by atoms with E-state index < -0.39 is 5.97 Å². The lowest BCUT2D eigenvalue weighted by atomic mass is 10.1. The topological polar surface area (TPSA) is 76.2 Å². The maximum absolute atomic E-state index is 10.2. The first-order valence-electron chi connectivity index (χ1n) is 3.60. The van der Waals surface area contributed by atoms with Crippen LogP contribution in [0.25, 0.3) is 0 Å². The van der Waals surface area contributed by atoms with Gasteiger partial charge in [0.15, 0.2) is 0 Å². The monoisotopic (exact) mass is 202 g/mol. The molecule has 0 radical (unpaired) electrons. The van der Waals surface area contributed by atoms with E-state index in [0.29, 0.717) is 12.2 Å². The zero-order valence-electron chi connectivity index (χ0n) is 6.93. The minimum atomic E-state index is -0.799. The molecule has 0 fully saturated rings. The number of carboxylic acid groups (broad SMARTS) is 1. The van der Waals surface area contributed by atoms with E-state index in [4.69, 9.17) is 10.8 Å². The van der Waals surface area contributed by atoms with Gasteiger partial charge in [0, 0.05) is 12.6 Å². The summed E-state index contributed by atoms with van der Waals surface area (Å²) in [5, 5.41) is 8.38. The quantitative estimate of drug-likeness (QED) is 0.770. The van der Waals surface area contributed by atoms with Gasteiger partial charge in [0.05, 0.1) is 0 Å². The molecule has 1 aromatic heterocycles. The Morgan fingerprint density at radius 3 is 2.69 bits per heavy atom. The van der Waals surface area contributed by atoms with Crippen molar-refractivity contribution in [2.75, 3.05) is 5.73 Å². The van der Waals surface area contributed by atoms with Crippen LogP contribution < -0.4 is 5.73 Å². The van der Waals surface area contributed by atoms with Gasteiger partial charge >= 0.3 is 5.97 Å². The summed E-state index contributed by atoms with van der Waals surface area (Å²) >= 11 is 0. The van der Waals surface area contributed by atoms with E-state index in [2.05, 4.69) is 4.98 Å². The van der Waals surface area contributed by atoms with Crippen LogP contribution in [0.5, 0.6) is 0 Å². The lowest BCUT2D eigenvalue weighted by Gasteiger charge is -1.97. The Kier molecular flexibility index (Phi) is 4.84. The molecule has 0 aliphatic rings. The van der Waals surface area contributed by atoms with Crippen molar-refractivity contribution in [3.05, 3.63) is 23.9 Å². The Labute approximate surface area is 82.2 Å². The second-order valence-electron chi connectivity index (χ2n) is 2.49. The van der Waals surface area contributed by atoms with E-state index in [1.165, 1.54) is 0 Å². The summed E-state index contributed by atoms with van der Waals surface area (Å²) in [4.78, 5) is 14.0. The van der Waals surface area contributed by atoms with Crippen LogP contribution in [0.1, 0.15) is 12.0 Å². The largest absolute Gasteiger partial charge is 0.481 e. The molecule has 0 amide bonds. The molecule has 72 valence electrons. The van der Waals surface area contributed by atoms with Crippen LogP contribution >= 0.6 is 12.4 Å². The first kappa shape index (κ1) is 11.7. The van der Waals surface area contributed by atoms with Crippen molar-refractivity contribution in [3.63, 3.8) is 0 Å². The summed E-state index contributed by atoms with van der Waals surface area (Å²) in [6.07, 6.45) is 2.23. The van der Waals surface area contributed by atoms with Gasteiger partial charge in [-0.15, -0.1) is 12.4 Å². The number of aromatic nitrogens is 1. The Balaban J connectivity index is 0.00000144. The van der Waals surface area contributed by atoms with Crippen molar-refractivity contribution in [1.29, 1.82) is 0 Å². The molecular weight excluding hydrogens is 192 g/mol. The van der Waals surface area contributed by atoms with Crippen molar-refractivity contribution in [3.8, 4) is 0 Å². The highest BCUT2D eigenvalue weighted by atomic mass is 35.5. The molecule has 0 saturated carbocycles. The SMILES string of the molecule is Cl.Nc1ccc(CCC(=O)O)cn1. The third kappa shape index (κ3) is 4.32. The molecule has 0 saturated heterocycles. The number of nitrogen functional groups attached to an aromatic ring is 1. The van der Waals surface area contributed by atoms with E-state index in [-0.39, 0.29) is 18.8 Å². The molecule has 1 heterocycles. The van der Waals surface area contributed by atoms with Crippen molar-refractivity contribution in [1.82, 2.24) is 4.98 Å². The van der Waals surface area contributed by atoms with Crippen molar-refractivity contribution in [2.24, 2.45) is 0 Å². The van der Waals surface area contributed by atoms with E-state index in [1.807, 2.05) is 0 Å². The highest BCUT2D eigenvalue weighted by Crippen LogP contribution is 2.03. The van der Waals surface area contributed by atoms with Crippen LogP contribution in [0.15, 0.2) is 18.3 Å². The summed E-state index contributed by atoms with van der Waals surface area (Å²) in [6, 6.07) is 3.45. The lowest BCUT2D eigenvalue weighted by molar-refractivity contribution is -0.136. The molecule has 0 spiro atoms. The number of anilines is 1. The van der Waals surface area contributed by atoms with Crippen LogP contribution in [-0.4, -0.2) is 16.1 Å². The number of nitrogens with two attached hydrogens (primary N) is 1. The number of nitrogens with zero attached hydrogens (tertiary/aromatic N) is 1. The van der Waals surface area contributed by atoms with Crippen molar-refractivity contribution < 1.29 is 9.90 Å². The molecule has 0 bridgehead atoms. The fourth-order valence-electron chi connectivity index (χ4n) is 0.835. The Morgan fingerprint density at radius 2 is 2.23 bits per heavy atom. The summed E-state index contributed by atoms with van der Waals surface area (Å²) in [5.41, 5.74) is 6.25. The van der Waals surface area contributed by atoms with Gasteiger partial charge in [0.1, 0.15) is 5.82 Å². The summed E-state index contributed by atoms with van der Waals surface area (Å²) in [5.74, 6) is -0.346. The normalized spacial score (nSPS) is 8.92. The van der Waals surface area contributed by atoms with Crippen molar-refractivity contribution >= 4 is 24.2 Å². The molecule has 0 aromatic carbocycles. The fourth-order valence-corrected chi connectivity index (χ4v) is 0.835. The molecule has 5 heteroatoms. The van der Waals surface area contributed by atoms with E-state index in [9.17, 15) is 4.79 Å². The third-order valence-electron chi connectivity index (χ3n) is 1.48. The standard InChI is InChI=1S/C8H10N2O2.ClH/c9-7-3-1-6(5-10-7)2-4-8(11)12;/h1,3,5H,2,4H2,(H2,9,10)(H,11,12);1H. The van der Waals surface area contributed by atoms with Gasteiger partial charge < -0.3 is 10.8 Å². The summed E-state index contributed by atoms with van der Waals surface area (Å²) in [6.45, 7) is 0. The minimum Gasteiger partial charge on any atom is -0.481 e. The molecule has 4 nitrogen and oxygen atoms in total. The third-order valence-corrected chi connectivity index (χ3v) is 1.48. The van der Waals surface area contributed by atoms with Crippen LogP contribution in [0.2, 0.25) is 0 Å². The Morgan fingerprint density at radius 1 is 1.54 bits per heavy atom. The molecule has 0 atom stereocenters.